The average molecular weight is 314 g/mol. The van der Waals surface area contributed by atoms with E-state index in [1.165, 1.54) is 25.7 Å². The van der Waals surface area contributed by atoms with Crippen LogP contribution in [0.2, 0.25) is 0 Å². The van der Waals surface area contributed by atoms with Crippen molar-refractivity contribution in [3.63, 3.8) is 0 Å². The van der Waals surface area contributed by atoms with Gasteiger partial charge in [0.15, 0.2) is 0 Å². The van der Waals surface area contributed by atoms with Crippen molar-refractivity contribution in [3.8, 4) is 0 Å². The number of carbonyl (C=O) groups excluding carboxylic acids is 1. The molecule has 2 rings (SSSR count). The summed E-state index contributed by atoms with van der Waals surface area (Å²) in [5.41, 5.74) is -0.408. The number of carbonyl (C=O) groups is 1. The molecule has 3 atom stereocenters. The van der Waals surface area contributed by atoms with Crippen molar-refractivity contribution in [2.24, 2.45) is 0 Å². The molecule has 2 fully saturated rings. The molecule has 122 valence electrons. The molecule has 1 saturated heterocycles. The lowest BCUT2D eigenvalue weighted by atomic mass is 10.0. The number of hydrogen-bond donors (Lipinski definition) is 1. The van der Waals surface area contributed by atoms with Gasteiger partial charge in [0, 0.05) is 30.4 Å². The number of nitrogens with zero attached hydrogens (tertiary/aromatic N) is 1. The molecule has 0 aromatic heterocycles. The fourth-order valence-corrected chi connectivity index (χ4v) is 4.04. The summed E-state index contributed by atoms with van der Waals surface area (Å²) in [7, 11) is 0. The molecule has 0 spiro atoms. The van der Waals surface area contributed by atoms with Gasteiger partial charge in [-0.1, -0.05) is 0 Å². The Morgan fingerprint density at radius 3 is 2.62 bits per heavy atom. The smallest absolute Gasteiger partial charge is 0.410 e. The minimum atomic E-state index is -0.408. The van der Waals surface area contributed by atoms with Crippen LogP contribution in [-0.4, -0.2) is 53.3 Å². The number of rotatable bonds is 3. The lowest BCUT2D eigenvalue weighted by Crippen LogP contribution is -2.51. The highest BCUT2D eigenvalue weighted by Crippen LogP contribution is 2.29. The molecule has 1 aliphatic heterocycles. The topological polar surface area (TPSA) is 41.6 Å². The van der Waals surface area contributed by atoms with Gasteiger partial charge in [-0.3, -0.25) is 0 Å². The number of ether oxygens (including phenoxy) is 1. The lowest BCUT2D eigenvalue weighted by molar-refractivity contribution is 0.0183. The minimum absolute atomic E-state index is 0.164. The largest absolute Gasteiger partial charge is 0.444 e. The number of thioether (sulfide) groups is 1. The van der Waals surface area contributed by atoms with E-state index in [0.717, 1.165) is 24.8 Å². The van der Waals surface area contributed by atoms with E-state index >= 15 is 0 Å². The molecule has 3 unspecified atom stereocenters. The first-order valence-corrected chi connectivity index (χ1v) is 9.43. The first-order chi connectivity index (χ1) is 9.87. The number of piperidine rings is 1. The maximum absolute atomic E-state index is 12.2. The van der Waals surface area contributed by atoms with E-state index in [9.17, 15) is 4.79 Å². The number of nitrogens with one attached hydrogen (secondary N) is 1. The van der Waals surface area contributed by atoms with E-state index in [-0.39, 0.29) is 6.09 Å². The zero-order valence-corrected chi connectivity index (χ0v) is 14.7. The standard InChI is InChI=1S/C16H30N2O2S/c1-16(2,3)20-15(19)18-9-5-6-13(11-18)17-12-7-8-14(10-12)21-4/h12-14,17H,5-11H2,1-4H3. The van der Waals surface area contributed by atoms with Crippen LogP contribution in [-0.2, 0) is 4.74 Å². The van der Waals surface area contributed by atoms with Gasteiger partial charge >= 0.3 is 6.09 Å². The Balaban J connectivity index is 1.79. The Kier molecular flexibility index (Phi) is 5.83. The quantitative estimate of drug-likeness (QED) is 0.868. The van der Waals surface area contributed by atoms with Gasteiger partial charge in [-0.15, -0.1) is 0 Å². The molecule has 2 aliphatic rings. The van der Waals surface area contributed by atoms with Crippen molar-refractivity contribution in [2.45, 2.75) is 75.8 Å². The van der Waals surface area contributed by atoms with Crippen LogP contribution in [0.4, 0.5) is 4.79 Å². The zero-order valence-electron chi connectivity index (χ0n) is 13.9. The van der Waals surface area contributed by atoms with E-state index in [2.05, 4.69) is 11.6 Å². The highest BCUT2D eigenvalue weighted by Gasteiger charge is 2.30. The van der Waals surface area contributed by atoms with Gasteiger partial charge in [-0.25, -0.2) is 4.79 Å². The Hall–Kier alpha value is -0.420. The van der Waals surface area contributed by atoms with E-state index in [1.807, 2.05) is 37.4 Å². The van der Waals surface area contributed by atoms with Gasteiger partial charge < -0.3 is 15.0 Å². The third-order valence-electron chi connectivity index (χ3n) is 4.26. The molecule has 5 heteroatoms. The summed E-state index contributed by atoms with van der Waals surface area (Å²) < 4.78 is 5.49. The molecule has 1 N–H and O–H groups in total. The highest BCUT2D eigenvalue weighted by atomic mass is 32.2. The fourth-order valence-electron chi connectivity index (χ4n) is 3.24. The highest BCUT2D eigenvalue weighted by molar-refractivity contribution is 7.99. The maximum atomic E-state index is 12.2. The van der Waals surface area contributed by atoms with E-state index in [4.69, 9.17) is 4.74 Å². The normalized spacial score (nSPS) is 30.5. The van der Waals surface area contributed by atoms with E-state index < -0.39 is 5.60 Å². The Labute approximate surface area is 133 Å². The molecule has 0 bridgehead atoms. The molecule has 1 aliphatic carbocycles. The van der Waals surface area contributed by atoms with Crippen LogP contribution in [0.25, 0.3) is 0 Å². The summed E-state index contributed by atoms with van der Waals surface area (Å²) in [5, 5.41) is 4.58. The molecule has 1 saturated carbocycles. The molecule has 0 aromatic rings. The third kappa shape index (κ3) is 5.37. The molecule has 1 amide bonds. The summed E-state index contributed by atoms with van der Waals surface area (Å²) in [6, 6.07) is 1.06. The van der Waals surface area contributed by atoms with Crippen LogP contribution in [0.15, 0.2) is 0 Å². The fraction of sp³-hybridized carbons (Fsp3) is 0.938. The van der Waals surface area contributed by atoms with Crippen molar-refractivity contribution in [1.29, 1.82) is 0 Å². The first-order valence-electron chi connectivity index (χ1n) is 8.14. The minimum Gasteiger partial charge on any atom is -0.444 e. The molecule has 0 aromatic carbocycles. The Morgan fingerprint density at radius 1 is 1.24 bits per heavy atom. The maximum Gasteiger partial charge on any atom is 0.410 e. The Morgan fingerprint density at radius 2 is 2.00 bits per heavy atom. The van der Waals surface area contributed by atoms with Gasteiger partial charge in [0.1, 0.15) is 5.60 Å². The van der Waals surface area contributed by atoms with Gasteiger partial charge in [0.25, 0.3) is 0 Å². The van der Waals surface area contributed by atoms with Crippen LogP contribution < -0.4 is 5.32 Å². The van der Waals surface area contributed by atoms with Crippen LogP contribution in [0, 0.1) is 0 Å². The zero-order chi connectivity index (χ0) is 15.5. The third-order valence-corrected chi connectivity index (χ3v) is 5.36. The molecular formula is C16H30N2O2S. The monoisotopic (exact) mass is 314 g/mol. The lowest BCUT2D eigenvalue weighted by Gasteiger charge is -2.35. The molecular weight excluding hydrogens is 284 g/mol. The van der Waals surface area contributed by atoms with E-state index in [1.54, 1.807) is 0 Å². The van der Waals surface area contributed by atoms with Crippen molar-refractivity contribution in [1.82, 2.24) is 10.2 Å². The molecule has 1 heterocycles. The average Bonchev–Trinajstić information content (AvgIpc) is 2.85. The summed E-state index contributed by atoms with van der Waals surface area (Å²) >= 11 is 1.99. The Bertz CT molecular complexity index is 357. The van der Waals surface area contributed by atoms with Gasteiger partial charge in [0.2, 0.25) is 0 Å². The van der Waals surface area contributed by atoms with Crippen LogP contribution in [0.5, 0.6) is 0 Å². The first kappa shape index (κ1) is 16.9. The number of amides is 1. The summed E-state index contributed by atoms with van der Waals surface area (Å²) in [6.45, 7) is 7.38. The van der Waals surface area contributed by atoms with Gasteiger partial charge in [-0.2, -0.15) is 11.8 Å². The van der Waals surface area contributed by atoms with Crippen LogP contribution in [0.1, 0.15) is 52.9 Å². The predicted molar refractivity (Wildman–Crippen MR) is 88.9 cm³/mol. The number of hydrogen-bond acceptors (Lipinski definition) is 4. The molecule has 0 radical (unpaired) electrons. The predicted octanol–water partition coefficient (Wildman–Crippen LogP) is 3.26. The van der Waals surface area contributed by atoms with Crippen molar-refractivity contribution in [3.05, 3.63) is 0 Å². The van der Waals surface area contributed by atoms with Crippen molar-refractivity contribution in [2.75, 3.05) is 19.3 Å². The summed E-state index contributed by atoms with van der Waals surface area (Å²) in [6.07, 6.45) is 8.13. The SMILES string of the molecule is CSC1CCC(NC2CCCN(C(=O)OC(C)(C)C)C2)C1. The molecule has 21 heavy (non-hydrogen) atoms. The summed E-state index contributed by atoms with van der Waals surface area (Å²) in [4.78, 5) is 14.0. The second-order valence-electron chi connectivity index (χ2n) is 7.30. The van der Waals surface area contributed by atoms with E-state index in [0.29, 0.717) is 12.1 Å². The van der Waals surface area contributed by atoms with Crippen molar-refractivity contribution < 1.29 is 9.53 Å². The van der Waals surface area contributed by atoms with Crippen LogP contribution in [0.3, 0.4) is 0 Å². The number of likely N-dealkylation sites (tertiary alicyclic amines) is 1. The van der Waals surface area contributed by atoms with Gasteiger partial charge in [0.05, 0.1) is 0 Å². The van der Waals surface area contributed by atoms with Crippen molar-refractivity contribution >= 4 is 17.9 Å². The second-order valence-corrected chi connectivity index (χ2v) is 8.44. The molecule has 4 nitrogen and oxygen atoms in total. The summed E-state index contributed by atoms with van der Waals surface area (Å²) in [5.74, 6) is 0. The van der Waals surface area contributed by atoms with Crippen LogP contribution >= 0.6 is 11.8 Å². The second kappa shape index (κ2) is 7.23. The van der Waals surface area contributed by atoms with Gasteiger partial charge in [-0.05, 0) is 59.1 Å².